The molecule has 0 unspecified atom stereocenters. The summed E-state index contributed by atoms with van der Waals surface area (Å²) in [5.74, 6) is 0.150. The van der Waals surface area contributed by atoms with Gasteiger partial charge in [0.25, 0.3) is 0 Å². The summed E-state index contributed by atoms with van der Waals surface area (Å²) in [4.78, 5) is 0. The van der Waals surface area contributed by atoms with Crippen LogP contribution in [-0.2, 0) is 9.84 Å². The second-order valence-electron chi connectivity index (χ2n) is 4.93. The first kappa shape index (κ1) is 14.8. The maximum atomic E-state index is 12.1. The van der Waals surface area contributed by atoms with Gasteiger partial charge in [0, 0.05) is 11.7 Å². The number of nitrogens with zero attached hydrogens (tertiary/aromatic N) is 1. The first-order valence-corrected chi connectivity index (χ1v) is 8.06. The molecule has 1 aromatic carbocycles. The molecule has 0 aliphatic heterocycles. The minimum Gasteiger partial charge on any atom is -0.497 e. The zero-order chi connectivity index (χ0) is 15.0. The largest absolute Gasteiger partial charge is 0.497 e. The van der Waals surface area contributed by atoms with Crippen LogP contribution in [0.3, 0.4) is 0 Å². The summed E-state index contributed by atoms with van der Waals surface area (Å²) >= 11 is 0. The summed E-state index contributed by atoms with van der Waals surface area (Å²) in [5, 5.41) is 18.0. The van der Waals surface area contributed by atoms with Gasteiger partial charge in [-0.3, -0.25) is 0 Å². The SMILES string of the molecule is CCS(=O)(=O)[C@@H]1[C@@H](c2ccc(OC)cc2)[C@@]1(C#N)CO. The Kier molecular flexibility index (Phi) is 3.76. The number of aliphatic hydroxyl groups excluding tert-OH is 1. The van der Waals surface area contributed by atoms with E-state index in [1.54, 1.807) is 38.3 Å². The number of hydrogen-bond donors (Lipinski definition) is 1. The third-order valence-electron chi connectivity index (χ3n) is 3.99. The van der Waals surface area contributed by atoms with Crippen molar-refractivity contribution in [3.63, 3.8) is 0 Å². The summed E-state index contributed by atoms with van der Waals surface area (Å²) in [5.41, 5.74) is -0.480. The zero-order valence-corrected chi connectivity index (χ0v) is 12.2. The van der Waals surface area contributed by atoms with E-state index in [0.717, 1.165) is 5.56 Å². The molecule has 0 spiro atoms. The highest BCUT2D eigenvalue weighted by molar-refractivity contribution is 7.92. The molecule has 0 bridgehead atoms. The fourth-order valence-electron chi connectivity index (χ4n) is 2.75. The van der Waals surface area contributed by atoms with Crippen molar-refractivity contribution >= 4 is 9.84 Å². The Morgan fingerprint density at radius 3 is 2.40 bits per heavy atom. The predicted molar refractivity (Wildman–Crippen MR) is 74.1 cm³/mol. The van der Waals surface area contributed by atoms with Gasteiger partial charge in [-0.25, -0.2) is 8.42 Å². The van der Waals surface area contributed by atoms with Crippen molar-refractivity contribution in [2.24, 2.45) is 5.41 Å². The Bertz CT molecular complexity index is 632. The lowest BCUT2D eigenvalue weighted by molar-refractivity contribution is 0.242. The fourth-order valence-corrected chi connectivity index (χ4v) is 4.76. The van der Waals surface area contributed by atoms with Crippen LogP contribution in [-0.4, -0.2) is 38.2 Å². The predicted octanol–water partition coefficient (Wildman–Crippen LogP) is 1.10. The summed E-state index contributed by atoms with van der Waals surface area (Å²) in [7, 11) is -1.84. The highest BCUT2D eigenvalue weighted by Gasteiger charge is 2.71. The van der Waals surface area contributed by atoms with Crippen LogP contribution in [0.15, 0.2) is 24.3 Å². The Hall–Kier alpha value is -1.58. The maximum Gasteiger partial charge on any atom is 0.155 e. The lowest BCUT2D eigenvalue weighted by atomic mass is 10.0. The number of nitriles is 1. The number of hydrogen-bond acceptors (Lipinski definition) is 5. The first-order valence-electron chi connectivity index (χ1n) is 6.34. The molecule has 0 heterocycles. The zero-order valence-electron chi connectivity index (χ0n) is 11.4. The van der Waals surface area contributed by atoms with Crippen molar-refractivity contribution in [2.75, 3.05) is 19.5 Å². The molecule has 1 saturated carbocycles. The van der Waals surface area contributed by atoms with Crippen LogP contribution in [0, 0.1) is 16.7 Å². The highest BCUT2D eigenvalue weighted by atomic mass is 32.2. The van der Waals surface area contributed by atoms with Crippen molar-refractivity contribution in [3.05, 3.63) is 29.8 Å². The van der Waals surface area contributed by atoms with Crippen molar-refractivity contribution < 1.29 is 18.3 Å². The molecule has 1 fully saturated rings. The number of sulfone groups is 1. The van der Waals surface area contributed by atoms with Gasteiger partial charge >= 0.3 is 0 Å². The Labute approximate surface area is 118 Å². The molecule has 1 aromatic rings. The summed E-state index contributed by atoms with van der Waals surface area (Å²) in [6.07, 6.45) is 0. The van der Waals surface area contributed by atoms with E-state index in [9.17, 15) is 18.8 Å². The van der Waals surface area contributed by atoms with E-state index >= 15 is 0 Å². The molecule has 0 saturated heterocycles. The lowest BCUT2D eigenvalue weighted by Crippen LogP contribution is -2.19. The summed E-state index contributed by atoms with van der Waals surface area (Å²) < 4.78 is 29.3. The minimum absolute atomic E-state index is 0.0340. The average Bonchev–Trinajstić information content (AvgIpc) is 3.18. The smallest absolute Gasteiger partial charge is 0.155 e. The van der Waals surface area contributed by atoms with E-state index in [4.69, 9.17) is 4.74 Å². The van der Waals surface area contributed by atoms with Crippen molar-refractivity contribution in [2.45, 2.75) is 18.1 Å². The van der Waals surface area contributed by atoms with Crippen LogP contribution >= 0.6 is 0 Å². The molecule has 20 heavy (non-hydrogen) atoms. The molecule has 0 radical (unpaired) electrons. The Morgan fingerprint density at radius 1 is 1.40 bits per heavy atom. The molecule has 108 valence electrons. The van der Waals surface area contributed by atoms with E-state index in [1.165, 1.54) is 0 Å². The van der Waals surface area contributed by atoms with Crippen LogP contribution in [0.1, 0.15) is 18.4 Å². The van der Waals surface area contributed by atoms with Gasteiger partial charge in [-0.05, 0) is 17.7 Å². The number of ether oxygens (including phenoxy) is 1. The standard InChI is InChI=1S/C14H17NO4S/c1-3-20(17,18)13-12(14(13,8-15)9-16)10-4-6-11(19-2)7-5-10/h4-7,12-13,16H,3,9H2,1-2H3/t12-,13-,14-/m1/s1. The highest BCUT2D eigenvalue weighted by Crippen LogP contribution is 2.62. The molecule has 3 atom stereocenters. The van der Waals surface area contributed by atoms with Gasteiger partial charge in [-0.2, -0.15) is 5.26 Å². The number of benzene rings is 1. The first-order chi connectivity index (χ1) is 9.46. The Morgan fingerprint density at radius 2 is 2.00 bits per heavy atom. The molecule has 2 rings (SSSR count). The monoisotopic (exact) mass is 295 g/mol. The molecular weight excluding hydrogens is 278 g/mol. The lowest BCUT2D eigenvalue weighted by Gasteiger charge is -2.04. The second kappa shape index (κ2) is 5.08. The van der Waals surface area contributed by atoms with Crippen molar-refractivity contribution in [1.82, 2.24) is 0 Å². The minimum atomic E-state index is -3.38. The quantitative estimate of drug-likeness (QED) is 0.879. The summed E-state index contributed by atoms with van der Waals surface area (Å²) in [6, 6.07) is 8.95. The summed E-state index contributed by atoms with van der Waals surface area (Å²) in [6.45, 7) is 1.10. The molecule has 0 aromatic heterocycles. The van der Waals surface area contributed by atoms with Gasteiger partial charge in [-0.1, -0.05) is 19.1 Å². The van der Waals surface area contributed by atoms with E-state index < -0.39 is 33.0 Å². The van der Waals surface area contributed by atoms with E-state index in [0.29, 0.717) is 5.75 Å². The van der Waals surface area contributed by atoms with Crippen LogP contribution in [0.5, 0.6) is 5.75 Å². The normalized spacial score (nSPS) is 28.7. The van der Waals surface area contributed by atoms with Crippen LogP contribution in [0.2, 0.25) is 0 Å². The third kappa shape index (κ3) is 2.07. The number of rotatable bonds is 5. The van der Waals surface area contributed by atoms with Crippen molar-refractivity contribution in [1.29, 1.82) is 5.26 Å². The van der Waals surface area contributed by atoms with Gasteiger partial charge < -0.3 is 9.84 Å². The van der Waals surface area contributed by atoms with Crippen LogP contribution < -0.4 is 4.74 Å². The van der Waals surface area contributed by atoms with Crippen LogP contribution in [0.4, 0.5) is 0 Å². The molecular formula is C14H17NO4S. The molecule has 1 aliphatic carbocycles. The maximum absolute atomic E-state index is 12.1. The van der Waals surface area contributed by atoms with Gasteiger partial charge in [-0.15, -0.1) is 0 Å². The Balaban J connectivity index is 2.42. The number of aliphatic hydroxyl groups is 1. The fraction of sp³-hybridized carbons (Fsp3) is 0.500. The van der Waals surface area contributed by atoms with E-state index in [2.05, 4.69) is 0 Å². The molecule has 1 N–H and O–H groups in total. The molecule has 6 heteroatoms. The van der Waals surface area contributed by atoms with Crippen LogP contribution in [0.25, 0.3) is 0 Å². The number of methoxy groups -OCH3 is 1. The molecule has 1 aliphatic rings. The van der Waals surface area contributed by atoms with Gasteiger partial charge in [0.2, 0.25) is 0 Å². The van der Waals surface area contributed by atoms with Gasteiger partial charge in [0.1, 0.15) is 11.2 Å². The topological polar surface area (TPSA) is 87.4 Å². The van der Waals surface area contributed by atoms with Gasteiger partial charge in [0.15, 0.2) is 9.84 Å². The molecule has 5 nitrogen and oxygen atoms in total. The second-order valence-corrected chi connectivity index (χ2v) is 7.34. The third-order valence-corrected chi connectivity index (χ3v) is 6.26. The van der Waals surface area contributed by atoms with Gasteiger partial charge in [0.05, 0.1) is 25.0 Å². The average molecular weight is 295 g/mol. The van der Waals surface area contributed by atoms with E-state index in [1.807, 2.05) is 6.07 Å². The molecule has 0 amide bonds. The van der Waals surface area contributed by atoms with E-state index in [-0.39, 0.29) is 5.75 Å². The van der Waals surface area contributed by atoms with Crippen molar-refractivity contribution in [3.8, 4) is 11.8 Å².